The minimum atomic E-state index is -5.08. The summed E-state index contributed by atoms with van der Waals surface area (Å²) in [6, 6.07) is 7.13. The van der Waals surface area contributed by atoms with Crippen molar-refractivity contribution in [3.05, 3.63) is 34.8 Å². The summed E-state index contributed by atoms with van der Waals surface area (Å²) in [5.41, 5.74) is 1.48. The molecule has 1 aromatic heterocycles. The minimum Gasteiger partial charge on any atom is -0.475 e. The molecule has 1 aromatic carbocycles. The predicted molar refractivity (Wildman–Crippen MR) is 86.8 cm³/mol. The molecule has 3 N–H and O–H groups in total. The molecular formula is C16H16F3N3O5. The van der Waals surface area contributed by atoms with E-state index < -0.39 is 17.9 Å². The number of hydrogen-bond donors (Lipinski definition) is 3. The highest BCUT2D eigenvalue weighted by molar-refractivity contribution is 5.92. The van der Waals surface area contributed by atoms with Crippen LogP contribution in [0.15, 0.2) is 33.6 Å². The number of nitrogens with zero attached hydrogens (tertiary/aromatic N) is 1. The van der Waals surface area contributed by atoms with E-state index in [0.29, 0.717) is 5.82 Å². The molecule has 11 heteroatoms. The van der Waals surface area contributed by atoms with Gasteiger partial charge in [-0.3, -0.25) is 14.3 Å². The number of carboxylic acids is 1. The third-order valence-electron chi connectivity index (χ3n) is 3.83. The molecule has 146 valence electrons. The van der Waals surface area contributed by atoms with E-state index in [1.54, 1.807) is 24.3 Å². The fraction of sp³-hybridized carbons (Fsp3) is 0.375. The molecule has 0 radical (unpaired) electrons. The monoisotopic (exact) mass is 387 g/mol. The van der Waals surface area contributed by atoms with Crippen LogP contribution in [0.3, 0.4) is 0 Å². The topological polar surface area (TPSA) is 125 Å². The van der Waals surface area contributed by atoms with Gasteiger partial charge in [-0.2, -0.15) is 13.2 Å². The third kappa shape index (κ3) is 5.97. The maximum absolute atomic E-state index is 12.0. The predicted octanol–water partition coefficient (Wildman–Crippen LogP) is 2.79. The van der Waals surface area contributed by atoms with Crippen LogP contribution in [-0.4, -0.2) is 33.3 Å². The van der Waals surface area contributed by atoms with Gasteiger partial charge in [-0.1, -0.05) is 18.0 Å². The summed E-state index contributed by atoms with van der Waals surface area (Å²) >= 11 is 0. The number of hydrogen-bond acceptors (Lipinski definition) is 5. The van der Waals surface area contributed by atoms with Crippen molar-refractivity contribution in [2.45, 2.75) is 31.9 Å². The van der Waals surface area contributed by atoms with Gasteiger partial charge in [0.25, 0.3) is 0 Å². The Morgan fingerprint density at radius 3 is 2.19 bits per heavy atom. The molecule has 0 spiro atoms. The SMILES string of the molecule is O=C(Nc1ccc(-c2noc(=O)[nH]2)cc1)C1CCCC1.O=C(O)C(F)(F)F. The molecule has 3 rings (SSSR count). The van der Waals surface area contributed by atoms with Gasteiger partial charge in [0.05, 0.1) is 0 Å². The number of H-pyrrole nitrogens is 1. The van der Waals surface area contributed by atoms with Gasteiger partial charge in [-0.05, 0) is 37.1 Å². The Labute approximate surface area is 150 Å². The standard InChI is InChI=1S/C14H15N3O3.C2HF3O2/c18-13(10-3-1-2-4-10)15-11-7-5-9(6-8-11)12-16-14(19)20-17-12;3-2(4,5)1(6)7/h5-8,10H,1-4H2,(H,15,18)(H,16,17,19);(H,6,7). The normalized spacial score (nSPS) is 14.3. The highest BCUT2D eigenvalue weighted by Crippen LogP contribution is 2.26. The van der Waals surface area contributed by atoms with Crippen molar-refractivity contribution in [3.63, 3.8) is 0 Å². The molecule has 1 fully saturated rings. The van der Waals surface area contributed by atoms with Crippen LogP contribution in [0.5, 0.6) is 0 Å². The second-order valence-corrected chi connectivity index (χ2v) is 5.79. The fourth-order valence-corrected chi connectivity index (χ4v) is 2.50. The molecule has 0 saturated heterocycles. The largest absolute Gasteiger partial charge is 0.490 e. The number of anilines is 1. The van der Waals surface area contributed by atoms with Gasteiger partial charge in [0.1, 0.15) is 0 Å². The number of aromatic nitrogens is 2. The van der Waals surface area contributed by atoms with E-state index in [2.05, 4.69) is 20.0 Å². The summed E-state index contributed by atoms with van der Waals surface area (Å²) in [6.45, 7) is 0. The van der Waals surface area contributed by atoms with E-state index in [0.717, 1.165) is 36.9 Å². The Kier molecular flexibility index (Phi) is 6.37. The van der Waals surface area contributed by atoms with E-state index in [1.165, 1.54) is 0 Å². The van der Waals surface area contributed by atoms with Gasteiger partial charge in [-0.15, -0.1) is 0 Å². The Morgan fingerprint density at radius 2 is 1.74 bits per heavy atom. The van der Waals surface area contributed by atoms with Crippen LogP contribution in [0, 0.1) is 5.92 Å². The van der Waals surface area contributed by atoms with Gasteiger partial charge in [-0.25, -0.2) is 9.59 Å². The average Bonchev–Trinajstić information content (AvgIpc) is 3.27. The van der Waals surface area contributed by atoms with E-state index in [-0.39, 0.29) is 11.8 Å². The first-order chi connectivity index (χ1) is 12.7. The maximum atomic E-state index is 12.0. The maximum Gasteiger partial charge on any atom is 0.490 e. The number of carbonyl (C=O) groups is 2. The lowest BCUT2D eigenvalue weighted by Gasteiger charge is -2.10. The zero-order chi connectivity index (χ0) is 20.0. The summed E-state index contributed by atoms with van der Waals surface area (Å²) in [5.74, 6) is -2.73. The summed E-state index contributed by atoms with van der Waals surface area (Å²) in [5, 5.41) is 13.6. The first-order valence-electron chi connectivity index (χ1n) is 7.94. The van der Waals surface area contributed by atoms with Gasteiger partial charge in [0.2, 0.25) is 5.91 Å². The van der Waals surface area contributed by atoms with E-state index >= 15 is 0 Å². The first kappa shape index (κ1) is 20.2. The van der Waals surface area contributed by atoms with Gasteiger partial charge in [0.15, 0.2) is 5.82 Å². The van der Waals surface area contributed by atoms with Gasteiger partial charge < -0.3 is 10.4 Å². The smallest absolute Gasteiger partial charge is 0.475 e. The number of alkyl halides is 3. The number of rotatable bonds is 3. The molecule has 27 heavy (non-hydrogen) atoms. The molecule has 0 unspecified atom stereocenters. The highest BCUT2D eigenvalue weighted by Gasteiger charge is 2.38. The summed E-state index contributed by atoms with van der Waals surface area (Å²) in [7, 11) is 0. The van der Waals surface area contributed by atoms with Crippen molar-refractivity contribution < 1.29 is 32.4 Å². The molecule has 8 nitrogen and oxygen atoms in total. The molecule has 0 atom stereocenters. The van der Waals surface area contributed by atoms with Crippen molar-refractivity contribution in [2.75, 3.05) is 5.32 Å². The molecule has 1 heterocycles. The average molecular weight is 387 g/mol. The molecular weight excluding hydrogens is 371 g/mol. The molecule has 1 amide bonds. The molecule has 0 aliphatic heterocycles. The lowest BCUT2D eigenvalue weighted by atomic mass is 10.1. The molecule has 1 aliphatic carbocycles. The molecule has 1 saturated carbocycles. The lowest BCUT2D eigenvalue weighted by molar-refractivity contribution is -0.192. The number of carboxylic acid groups (broad SMARTS) is 1. The van der Waals surface area contributed by atoms with Crippen LogP contribution in [0.4, 0.5) is 18.9 Å². The van der Waals surface area contributed by atoms with E-state index in [1.807, 2.05) is 0 Å². The van der Waals surface area contributed by atoms with Crippen LogP contribution in [0.2, 0.25) is 0 Å². The molecule has 0 bridgehead atoms. The molecule has 2 aromatic rings. The van der Waals surface area contributed by atoms with Crippen LogP contribution in [0.1, 0.15) is 25.7 Å². The van der Waals surface area contributed by atoms with Crippen LogP contribution >= 0.6 is 0 Å². The van der Waals surface area contributed by atoms with Crippen molar-refractivity contribution >= 4 is 17.6 Å². The zero-order valence-corrected chi connectivity index (χ0v) is 13.9. The van der Waals surface area contributed by atoms with E-state index in [4.69, 9.17) is 9.90 Å². The minimum absolute atomic E-state index is 0.0880. The van der Waals surface area contributed by atoms with Crippen molar-refractivity contribution in [1.29, 1.82) is 0 Å². The summed E-state index contributed by atoms with van der Waals surface area (Å²) < 4.78 is 36.2. The highest BCUT2D eigenvalue weighted by atomic mass is 19.4. The summed E-state index contributed by atoms with van der Waals surface area (Å²) in [4.78, 5) is 34.2. The first-order valence-corrected chi connectivity index (χ1v) is 7.94. The number of amides is 1. The fourth-order valence-electron chi connectivity index (χ4n) is 2.50. The van der Waals surface area contributed by atoms with Gasteiger partial charge in [0, 0.05) is 17.2 Å². The number of carbonyl (C=O) groups excluding carboxylic acids is 1. The zero-order valence-electron chi connectivity index (χ0n) is 13.9. The Bertz CT molecular complexity index is 836. The second kappa shape index (κ2) is 8.52. The van der Waals surface area contributed by atoms with Crippen molar-refractivity contribution in [2.24, 2.45) is 5.92 Å². The second-order valence-electron chi connectivity index (χ2n) is 5.79. The lowest BCUT2D eigenvalue weighted by Crippen LogP contribution is -2.21. The summed E-state index contributed by atoms with van der Waals surface area (Å²) in [6.07, 6.45) is -0.860. The number of benzene rings is 1. The van der Waals surface area contributed by atoms with Crippen LogP contribution in [0.25, 0.3) is 11.4 Å². The number of halogens is 3. The Morgan fingerprint density at radius 1 is 1.19 bits per heavy atom. The number of aliphatic carboxylic acids is 1. The molecule has 1 aliphatic rings. The quantitative estimate of drug-likeness (QED) is 0.744. The van der Waals surface area contributed by atoms with E-state index in [9.17, 15) is 22.8 Å². The van der Waals surface area contributed by atoms with Crippen LogP contribution in [-0.2, 0) is 9.59 Å². The Hall–Kier alpha value is -3.11. The van der Waals surface area contributed by atoms with Crippen LogP contribution < -0.4 is 11.1 Å². The van der Waals surface area contributed by atoms with Gasteiger partial charge >= 0.3 is 17.9 Å². The Balaban J connectivity index is 0.000000321. The number of nitrogens with one attached hydrogen (secondary N) is 2. The van der Waals surface area contributed by atoms with Crippen molar-refractivity contribution in [1.82, 2.24) is 10.1 Å². The van der Waals surface area contributed by atoms with Crippen molar-refractivity contribution in [3.8, 4) is 11.4 Å². The number of aromatic amines is 1. The third-order valence-corrected chi connectivity index (χ3v) is 3.83.